The van der Waals surface area contributed by atoms with Gasteiger partial charge in [0, 0.05) is 0 Å². The summed E-state index contributed by atoms with van der Waals surface area (Å²) in [6.07, 6.45) is 1.34. The van der Waals surface area contributed by atoms with Crippen molar-refractivity contribution in [2.75, 3.05) is 6.61 Å². The van der Waals surface area contributed by atoms with E-state index in [0.29, 0.717) is 0 Å². The van der Waals surface area contributed by atoms with Gasteiger partial charge in [-0.15, -0.1) is 0 Å². The van der Waals surface area contributed by atoms with E-state index in [9.17, 15) is 14.4 Å². The van der Waals surface area contributed by atoms with Crippen molar-refractivity contribution in [3.8, 4) is 6.07 Å². The third-order valence-electron chi connectivity index (χ3n) is 3.58. The summed E-state index contributed by atoms with van der Waals surface area (Å²) >= 11 is 0. The number of ether oxygens (including phenoxy) is 1. The van der Waals surface area contributed by atoms with E-state index < -0.39 is 36.0 Å². The maximum Gasteiger partial charge on any atom is 0.328 e. The first kappa shape index (κ1) is 19.2. The number of nitrogens with zero attached hydrogens (tertiary/aromatic N) is 1. The molecule has 0 bridgehead atoms. The molecule has 0 spiro atoms. The normalized spacial score (nSPS) is 14.2. The van der Waals surface area contributed by atoms with Crippen molar-refractivity contribution in [1.29, 1.82) is 5.26 Å². The molecule has 0 aliphatic heterocycles. The molecule has 1 heterocycles. The maximum absolute atomic E-state index is 11.8. The number of amides is 2. The Morgan fingerprint density at radius 3 is 2.54 bits per heavy atom. The number of rotatable bonds is 7. The molecule has 24 heavy (non-hydrogen) atoms. The molecule has 0 aliphatic carbocycles. The van der Waals surface area contributed by atoms with Gasteiger partial charge in [0.1, 0.15) is 11.6 Å². The molecular formula is C16H21N3O5. The van der Waals surface area contributed by atoms with Gasteiger partial charge in [0.05, 0.1) is 12.3 Å². The zero-order chi connectivity index (χ0) is 18.3. The molecule has 0 saturated carbocycles. The molecule has 2 unspecified atom stereocenters. The number of furan rings is 1. The van der Waals surface area contributed by atoms with E-state index in [2.05, 4.69) is 10.6 Å². The first-order valence-electron chi connectivity index (χ1n) is 7.43. The van der Waals surface area contributed by atoms with Crippen LogP contribution in [-0.4, -0.2) is 36.0 Å². The molecule has 8 heteroatoms. The van der Waals surface area contributed by atoms with Crippen molar-refractivity contribution in [2.45, 2.75) is 39.3 Å². The van der Waals surface area contributed by atoms with E-state index in [4.69, 9.17) is 14.4 Å². The van der Waals surface area contributed by atoms with Gasteiger partial charge in [-0.05, 0) is 31.9 Å². The van der Waals surface area contributed by atoms with Gasteiger partial charge in [0.2, 0.25) is 0 Å². The van der Waals surface area contributed by atoms with E-state index in [1.54, 1.807) is 26.8 Å². The molecule has 0 fully saturated rings. The monoisotopic (exact) mass is 335 g/mol. The lowest BCUT2D eigenvalue weighted by Crippen LogP contribution is -2.50. The summed E-state index contributed by atoms with van der Waals surface area (Å²) in [6.45, 7) is 6.06. The van der Waals surface area contributed by atoms with Gasteiger partial charge in [-0.2, -0.15) is 5.26 Å². The van der Waals surface area contributed by atoms with Gasteiger partial charge in [-0.1, -0.05) is 13.8 Å². The van der Waals surface area contributed by atoms with E-state index in [0.717, 1.165) is 0 Å². The predicted octanol–water partition coefficient (Wildman–Crippen LogP) is 0.996. The van der Waals surface area contributed by atoms with Gasteiger partial charge in [0.25, 0.3) is 11.8 Å². The van der Waals surface area contributed by atoms with Crippen LogP contribution < -0.4 is 10.6 Å². The summed E-state index contributed by atoms with van der Waals surface area (Å²) in [5, 5.41) is 14.0. The van der Waals surface area contributed by atoms with Gasteiger partial charge in [-0.25, -0.2) is 4.79 Å². The van der Waals surface area contributed by atoms with E-state index in [1.165, 1.54) is 19.3 Å². The van der Waals surface area contributed by atoms with Crippen molar-refractivity contribution in [3.05, 3.63) is 24.2 Å². The van der Waals surface area contributed by atoms with Crippen LogP contribution >= 0.6 is 0 Å². The van der Waals surface area contributed by atoms with Crippen molar-refractivity contribution in [1.82, 2.24) is 10.6 Å². The average molecular weight is 335 g/mol. The van der Waals surface area contributed by atoms with E-state index >= 15 is 0 Å². The molecule has 0 radical (unpaired) electrons. The SMILES string of the molecule is CC(NC(=O)c1ccco1)C(=O)OCC(=O)NC(C)(C#N)C(C)C. The van der Waals surface area contributed by atoms with E-state index in [-0.39, 0.29) is 11.7 Å². The molecule has 2 atom stereocenters. The van der Waals surface area contributed by atoms with Crippen LogP contribution in [0.5, 0.6) is 0 Å². The largest absolute Gasteiger partial charge is 0.459 e. The average Bonchev–Trinajstić information content (AvgIpc) is 3.06. The molecule has 8 nitrogen and oxygen atoms in total. The minimum absolute atomic E-state index is 0.0640. The molecule has 130 valence electrons. The summed E-state index contributed by atoms with van der Waals surface area (Å²) in [4.78, 5) is 35.4. The van der Waals surface area contributed by atoms with Gasteiger partial charge >= 0.3 is 5.97 Å². The Morgan fingerprint density at radius 2 is 2.04 bits per heavy atom. The van der Waals surface area contributed by atoms with Crippen LogP contribution in [0.25, 0.3) is 0 Å². The molecule has 2 amide bonds. The molecule has 1 aromatic heterocycles. The first-order chi connectivity index (χ1) is 11.2. The molecular weight excluding hydrogens is 314 g/mol. The van der Waals surface area contributed by atoms with Crippen LogP contribution in [0.3, 0.4) is 0 Å². The summed E-state index contributed by atoms with van der Waals surface area (Å²) in [7, 11) is 0. The molecule has 0 aliphatic rings. The molecule has 0 aromatic carbocycles. The van der Waals surface area contributed by atoms with Crippen molar-refractivity contribution < 1.29 is 23.5 Å². The van der Waals surface area contributed by atoms with Crippen LogP contribution in [-0.2, 0) is 14.3 Å². The second-order valence-corrected chi connectivity index (χ2v) is 5.80. The molecule has 2 N–H and O–H groups in total. The topological polar surface area (TPSA) is 121 Å². The lowest BCUT2D eigenvalue weighted by atomic mass is 9.90. The lowest BCUT2D eigenvalue weighted by Gasteiger charge is -2.27. The zero-order valence-electron chi connectivity index (χ0n) is 14.1. The van der Waals surface area contributed by atoms with Crippen molar-refractivity contribution >= 4 is 17.8 Å². The minimum Gasteiger partial charge on any atom is -0.459 e. The van der Waals surface area contributed by atoms with Crippen LogP contribution in [0, 0.1) is 17.2 Å². The Bertz CT molecular complexity index is 633. The number of nitrogens with one attached hydrogen (secondary N) is 2. The lowest BCUT2D eigenvalue weighted by molar-refractivity contribution is -0.150. The van der Waals surface area contributed by atoms with Gasteiger partial charge in [0.15, 0.2) is 12.4 Å². The number of hydrogen-bond donors (Lipinski definition) is 2. The second-order valence-electron chi connectivity index (χ2n) is 5.80. The van der Waals surface area contributed by atoms with Gasteiger partial charge in [-0.3, -0.25) is 9.59 Å². The highest BCUT2D eigenvalue weighted by Gasteiger charge is 2.30. The number of hydrogen-bond acceptors (Lipinski definition) is 6. The molecule has 1 rings (SSSR count). The Morgan fingerprint density at radius 1 is 1.38 bits per heavy atom. The summed E-state index contributed by atoms with van der Waals surface area (Å²) in [5.74, 6) is -1.98. The van der Waals surface area contributed by atoms with E-state index in [1.807, 2.05) is 6.07 Å². The Labute approximate surface area is 140 Å². The number of nitriles is 1. The highest BCUT2D eigenvalue weighted by molar-refractivity contribution is 5.94. The van der Waals surface area contributed by atoms with Crippen LogP contribution in [0.15, 0.2) is 22.8 Å². The second kappa shape index (κ2) is 8.15. The molecule has 1 aromatic rings. The van der Waals surface area contributed by atoms with Crippen LogP contribution in [0.4, 0.5) is 0 Å². The van der Waals surface area contributed by atoms with Crippen LogP contribution in [0.2, 0.25) is 0 Å². The fourth-order valence-corrected chi connectivity index (χ4v) is 1.62. The highest BCUT2D eigenvalue weighted by Crippen LogP contribution is 2.14. The predicted molar refractivity (Wildman–Crippen MR) is 83.6 cm³/mol. The summed E-state index contributed by atoms with van der Waals surface area (Å²) in [5.41, 5.74) is -1.05. The van der Waals surface area contributed by atoms with Crippen molar-refractivity contribution in [2.24, 2.45) is 5.92 Å². The standard InChI is InChI=1S/C16H21N3O5/c1-10(2)16(4,9-17)19-13(20)8-24-15(22)11(3)18-14(21)12-6-5-7-23-12/h5-7,10-11H,8H2,1-4H3,(H,18,21)(H,19,20). The quantitative estimate of drug-likeness (QED) is 0.717. The smallest absolute Gasteiger partial charge is 0.328 e. The number of carbonyl (C=O) groups excluding carboxylic acids is 3. The maximum atomic E-state index is 11.8. The third kappa shape index (κ3) is 5.12. The fourth-order valence-electron chi connectivity index (χ4n) is 1.62. The first-order valence-corrected chi connectivity index (χ1v) is 7.43. The Kier molecular flexibility index (Phi) is 6.53. The molecule has 0 saturated heterocycles. The third-order valence-corrected chi connectivity index (χ3v) is 3.58. The van der Waals surface area contributed by atoms with Crippen molar-refractivity contribution in [3.63, 3.8) is 0 Å². The zero-order valence-corrected chi connectivity index (χ0v) is 14.1. The summed E-state index contributed by atoms with van der Waals surface area (Å²) < 4.78 is 9.75. The van der Waals surface area contributed by atoms with Gasteiger partial charge < -0.3 is 19.8 Å². The van der Waals surface area contributed by atoms with Crippen LogP contribution in [0.1, 0.15) is 38.2 Å². The highest BCUT2D eigenvalue weighted by atomic mass is 16.5. The Hall–Kier alpha value is -2.82. The Balaban J connectivity index is 2.46. The minimum atomic E-state index is -1.05. The summed E-state index contributed by atoms with van der Waals surface area (Å²) in [6, 6.07) is 4.06. The number of carbonyl (C=O) groups is 3. The number of esters is 1. The fraction of sp³-hybridized carbons (Fsp3) is 0.500.